The van der Waals surface area contributed by atoms with Crippen molar-refractivity contribution in [2.75, 3.05) is 11.9 Å². The minimum atomic E-state index is -1.31. The van der Waals surface area contributed by atoms with Gasteiger partial charge < -0.3 is 20.0 Å². The summed E-state index contributed by atoms with van der Waals surface area (Å²) in [6.45, 7) is -0.547. The fraction of sp³-hybridized carbons (Fsp3) is 0.0588. The average Bonchev–Trinajstić information content (AvgIpc) is 2.82. The lowest BCUT2D eigenvalue weighted by molar-refractivity contribution is -0.307. The number of halogens is 1. The molecule has 0 bridgehead atoms. The monoisotopic (exact) mass is 372 g/mol. The van der Waals surface area contributed by atoms with Gasteiger partial charge in [0.2, 0.25) is 0 Å². The summed E-state index contributed by atoms with van der Waals surface area (Å²) >= 11 is 3.39. The Bertz CT molecular complexity index is 829. The Balaban J connectivity index is 2.01. The first-order chi connectivity index (χ1) is 11.0. The van der Waals surface area contributed by atoms with Crippen LogP contribution in [-0.4, -0.2) is 18.5 Å². The summed E-state index contributed by atoms with van der Waals surface area (Å²) in [7, 11) is 0. The van der Waals surface area contributed by atoms with Crippen LogP contribution in [0.4, 0.5) is 5.69 Å². The normalized spacial score (nSPS) is 14.5. The maximum atomic E-state index is 12.2. The number of carboxylic acids is 1. The van der Waals surface area contributed by atoms with Crippen LogP contribution in [0.25, 0.3) is 11.6 Å². The van der Waals surface area contributed by atoms with Crippen LogP contribution in [0.5, 0.6) is 5.75 Å². The predicted octanol–water partition coefficient (Wildman–Crippen LogP) is 2.07. The lowest BCUT2D eigenvalue weighted by Gasteiger charge is -2.10. The van der Waals surface area contributed by atoms with E-state index in [1.54, 1.807) is 30.3 Å². The number of amides is 1. The van der Waals surface area contributed by atoms with Gasteiger partial charge in [0, 0.05) is 26.9 Å². The summed E-state index contributed by atoms with van der Waals surface area (Å²) in [5.41, 5.74) is 2.62. The molecule has 116 valence electrons. The molecule has 0 atom stereocenters. The number of carbonyl (C=O) groups is 2. The predicted molar refractivity (Wildman–Crippen MR) is 87.6 cm³/mol. The van der Waals surface area contributed by atoms with Crippen LogP contribution >= 0.6 is 15.9 Å². The van der Waals surface area contributed by atoms with Gasteiger partial charge >= 0.3 is 0 Å². The molecular weight excluding hydrogens is 362 g/mol. The number of fused-ring (bicyclic) bond motifs is 1. The quantitative estimate of drug-likeness (QED) is 0.833. The highest BCUT2D eigenvalue weighted by atomic mass is 79.9. The summed E-state index contributed by atoms with van der Waals surface area (Å²) in [4.78, 5) is 22.7. The maximum absolute atomic E-state index is 12.2. The van der Waals surface area contributed by atoms with Gasteiger partial charge in [0.15, 0.2) is 0 Å². The first kappa shape index (κ1) is 15.3. The van der Waals surface area contributed by atoms with Crippen molar-refractivity contribution in [3.63, 3.8) is 0 Å². The van der Waals surface area contributed by atoms with Crippen molar-refractivity contribution in [1.82, 2.24) is 0 Å². The molecule has 0 unspecified atom stereocenters. The van der Waals surface area contributed by atoms with Crippen molar-refractivity contribution < 1.29 is 19.4 Å². The topological polar surface area (TPSA) is 78.5 Å². The minimum Gasteiger partial charge on any atom is -0.546 e. The number of rotatable bonds is 4. The number of anilines is 1. The molecular formula is C17H11BrNO4-. The van der Waals surface area contributed by atoms with Crippen molar-refractivity contribution in [2.24, 2.45) is 0 Å². The van der Waals surface area contributed by atoms with Gasteiger partial charge in [-0.2, -0.15) is 0 Å². The van der Waals surface area contributed by atoms with E-state index < -0.39 is 12.6 Å². The first-order valence-electron chi connectivity index (χ1n) is 6.79. The fourth-order valence-electron chi connectivity index (χ4n) is 2.33. The van der Waals surface area contributed by atoms with Gasteiger partial charge in [-0.1, -0.05) is 34.1 Å². The molecule has 1 N–H and O–H groups in total. The van der Waals surface area contributed by atoms with E-state index in [1.165, 1.54) is 0 Å². The van der Waals surface area contributed by atoms with E-state index in [2.05, 4.69) is 21.2 Å². The third kappa shape index (κ3) is 3.27. The smallest absolute Gasteiger partial charge is 0.256 e. The largest absolute Gasteiger partial charge is 0.546 e. The molecule has 3 rings (SSSR count). The first-order valence-corrected chi connectivity index (χ1v) is 7.58. The van der Waals surface area contributed by atoms with Gasteiger partial charge in [0.25, 0.3) is 5.91 Å². The zero-order chi connectivity index (χ0) is 16.4. The number of ether oxygens (including phenoxy) is 1. The molecule has 0 aromatic heterocycles. The third-order valence-corrected chi connectivity index (χ3v) is 3.82. The summed E-state index contributed by atoms with van der Waals surface area (Å²) in [6.07, 6.45) is 1.68. The van der Waals surface area contributed by atoms with Crippen molar-refractivity contribution in [1.29, 1.82) is 0 Å². The summed E-state index contributed by atoms with van der Waals surface area (Å²) in [6, 6.07) is 12.4. The molecule has 0 saturated carbocycles. The number of benzene rings is 2. The molecule has 6 heteroatoms. The number of carboxylic acid groups (broad SMARTS) is 1. The Hall–Kier alpha value is -2.60. The van der Waals surface area contributed by atoms with E-state index in [0.717, 1.165) is 15.7 Å². The van der Waals surface area contributed by atoms with Crippen LogP contribution in [0.3, 0.4) is 0 Å². The van der Waals surface area contributed by atoms with E-state index in [1.807, 2.05) is 18.2 Å². The number of nitrogens with one attached hydrogen (secondary N) is 1. The van der Waals surface area contributed by atoms with Crippen molar-refractivity contribution in [3.05, 3.63) is 58.1 Å². The van der Waals surface area contributed by atoms with E-state index in [4.69, 9.17) is 4.74 Å². The van der Waals surface area contributed by atoms with Crippen LogP contribution in [0.15, 0.2) is 46.9 Å². The molecule has 2 aromatic carbocycles. The van der Waals surface area contributed by atoms with Gasteiger partial charge in [0.1, 0.15) is 12.4 Å². The van der Waals surface area contributed by atoms with Crippen molar-refractivity contribution >= 4 is 45.1 Å². The summed E-state index contributed by atoms with van der Waals surface area (Å²) in [5, 5.41) is 13.4. The Labute approximate surface area is 140 Å². The Morgan fingerprint density at radius 1 is 1.26 bits per heavy atom. The number of carbonyl (C=O) groups excluding carboxylic acids is 2. The third-order valence-electron chi connectivity index (χ3n) is 3.33. The lowest BCUT2D eigenvalue weighted by Crippen LogP contribution is -2.29. The molecule has 0 saturated heterocycles. The second-order valence-corrected chi connectivity index (χ2v) is 5.82. The standard InChI is InChI=1S/C17H12BrNO4/c18-11-5-6-14-12(8-11)13(17(22)19-14)7-10-3-1-2-4-15(10)23-9-16(20)21/h1-8H,9H2,(H,19,22)(H,20,21)/p-1/b13-7-. The maximum Gasteiger partial charge on any atom is 0.256 e. The number of para-hydroxylation sites is 1. The molecule has 1 amide bonds. The molecule has 1 heterocycles. The van der Waals surface area contributed by atoms with E-state index in [9.17, 15) is 14.7 Å². The SMILES string of the molecule is O=C([O-])COc1ccccc1/C=C1\C(=O)Nc2ccc(Br)cc21. The molecule has 1 aliphatic heterocycles. The molecule has 2 aromatic rings. The van der Waals surface area contributed by atoms with E-state index >= 15 is 0 Å². The van der Waals surface area contributed by atoms with Crippen LogP contribution in [0, 0.1) is 0 Å². The van der Waals surface area contributed by atoms with Crippen molar-refractivity contribution in [2.45, 2.75) is 0 Å². The van der Waals surface area contributed by atoms with Gasteiger partial charge in [-0.15, -0.1) is 0 Å². The fourth-order valence-corrected chi connectivity index (χ4v) is 2.69. The Morgan fingerprint density at radius 3 is 2.83 bits per heavy atom. The highest BCUT2D eigenvalue weighted by molar-refractivity contribution is 9.10. The molecule has 1 aliphatic rings. The zero-order valence-corrected chi connectivity index (χ0v) is 13.4. The minimum absolute atomic E-state index is 0.215. The van der Waals surface area contributed by atoms with Gasteiger partial charge in [-0.3, -0.25) is 4.79 Å². The van der Waals surface area contributed by atoms with Gasteiger partial charge in [-0.05, 0) is 30.3 Å². The van der Waals surface area contributed by atoms with Crippen molar-refractivity contribution in [3.8, 4) is 5.75 Å². The highest BCUT2D eigenvalue weighted by Gasteiger charge is 2.24. The summed E-state index contributed by atoms with van der Waals surface area (Å²) < 4.78 is 6.07. The van der Waals surface area contributed by atoms with Gasteiger partial charge in [-0.25, -0.2) is 0 Å². The molecule has 0 fully saturated rings. The average molecular weight is 373 g/mol. The Morgan fingerprint density at radius 2 is 2.04 bits per heavy atom. The van der Waals surface area contributed by atoms with Crippen LogP contribution < -0.4 is 15.2 Å². The zero-order valence-electron chi connectivity index (χ0n) is 11.8. The second-order valence-electron chi connectivity index (χ2n) is 4.90. The van der Waals surface area contributed by atoms with E-state index in [0.29, 0.717) is 16.9 Å². The molecule has 0 radical (unpaired) electrons. The number of hydrogen-bond donors (Lipinski definition) is 1. The van der Waals surface area contributed by atoms with E-state index in [-0.39, 0.29) is 5.91 Å². The number of hydrogen-bond acceptors (Lipinski definition) is 4. The van der Waals surface area contributed by atoms with Crippen LogP contribution in [0.1, 0.15) is 11.1 Å². The molecule has 0 aliphatic carbocycles. The molecule has 5 nitrogen and oxygen atoms in total. The highest BCUT2D eigenvalue weighted by Crippen LogP contribution is 2.36. The van der Waals surface area contributed by atoms with Gasteiger partial charge in [0.05, 0.1) is 5.97 Å². The second kappa shape index (κ2) is 6.26. The van der Waals surface area contributed by atoms with Crippen LogP contribution in [0.2, 0.25) is 0 Å². The lowest BCUT2D eigenvalue weighted by atomic mass is 10.0. The number of aliphatic carboxylic acids is 1. The van der Waals surface area contributed by atoms with Crippen LogP contribution in [-0.2, 0) is 9.59 Å². The molecule has 0 spiro atoms. The Kier molecular flexibility index (Phi) is 4.16. The summed E-state index contributed by atoms with van der Waals surface area (Å²) in [5.74, 6) is -1.14. The molecule has 23 heavy (non-hydrogen) atoms.